The van der Waals surface area contributed by atoms with Crippen molar-refractivity contribution in [1.29, 1.82) is 0 Å². The smallest absolute Gasteiger partial charge is 0.0881 e. The van der Waals surface area contributed by atoms with Gasteiger partial charge in [-0.3, -0.25) is 0 Å². The zero-order valence-electron chi connectivity index (χ0n) is 9.73. The number of benzene rings is 2. The van der Waals surface area contributed by atoms with Crippen LogP contribution in [0.2, 0.25) is 6.82 Å². The lowest BCUT2D eigenvalue weighted by Gasteiger charge is -1.97. The van der Waals surface area contributed by atoms with Gasteiger partial charge in [0.15, 0.2) is 0 Å². The Morgan fingerprint density at radius 3 is 1.76 bits per heavy atom. The fourth-order valence-electron chi connectivity index (χ4n) is 1.57. The molecule has 0 aromatic heterocycles. The molecule has 0 N–H and O–H groups in total. The van der Waals surface area contributed by atoms with E-state index < -0.39 is 0 Å². The molecule has 0 aliphatic rings. The lowest BCUT2D eigenvalue weighted by atomic mass is 9.73. The summed E-state index contributed by atoms with van der Waals surface area (Å²) >= 11 is 3.43. The zero-order valence-corrected chi connectivity index (χ0v) is 11.3. The molecule has 83 valence electrons. The van der Waals surface area contributed by atoms with E-state index in [9.17, 15) is 0 Å². The Morgan fingerprint density at radius 1 is 0.824 bits per heavy atom. The first-order valence-corrected chi connectivity index (χ1v) is 6.40. The van der Waals surface area contributed by atoms with Gasteiger partial charge in [0.25, 0.3) is 0 Å². The van der Waals surface area contributed by atoms with Gasteiger partial charge in [0.1, 0.15) is 7.28 Å². The summed E-state index contributed by atoms with van der Waals surface area (Å²) in [5, 5.41) is 0. The lowest BCUT2D eigenvalue weighted by molar-refractivity contribution is 1.61. The van der Waals surface area contributed by atoms with Gasteiger partial charge in [0.05, 0.1) is 0 Å². The largest absolute Gasteiger partial charge is 0.148 e. The molecule has 17 heavy (non-hydrogen) atoms. The van der Waals surface area contributed by atoms with Crippen molar-refractivity contribution in [1.82, 2.24) is 0 Å². The Hall–Kier alpha value is -1.28. The molecule has 0 heterocycles. The van der Waals surface area contributed by atoms with Crippen LogP contribution in [0, 0.1) is 0 Å². The molecule has 0 amide bonds. The van der Waals surface area contributed by atoms with Crippen LogP contribution >= 0.6 is 15.9 Å². The highest BCUT2D eigenvalue weighted by Gasteiger charge is 1.91. The monoisotopic (exact) mass is 283 g/mol. The van der Waals surface area contributed by atoms with Crippen LogP contribution in [0.15, 0.2) is 53.0 Å². The predicted octanol–water partition coefficient (Wildman–Crippen LogP) is 4.00. The summed E-state index contributed by atoms with van der Waals surface area (Å²) in [7, 11) is 2.10. The van der Waals surface area contributed by atoms with Gasteiger partial charge in [-0.1, -0.05) is 76.8 Å². The summed E-state index contributed by atoms with van der Waals surface area (Å²) < 4.78 is 1.11. The van der Waals surface area contributed by atoms with E-state index in [1.165, 1.54) is 16.6 Å². The number of hydrogen-bond donors (Lipinski definition) is 0. The van der Waals surface area contributed by atoms with Crippen molar-refractivity contribution >= 4 is 40.8 Å². The number of halogens is 1. The predicted molar refractivity (Wildman–Crippen MR) is 80.8 cm³/mol. The van der Waals surface area contributed by atoms with Crippen molar-refractivity contribution in [3.05, 3.63) is 64.1 Å². The molecular formula is C15H13BBr. The fourth-order valence-corrected chi connectivity index (χ4v) is 1.83. The molecule has 0 fully saturated rings. The van der Waals surface area contributed by atoms with Gasteiger partial charge in [-0.25, -0.2) is 0 Å². The zero-order chi connectivity index (χ0) is 12.1. The third-order valence-corrected chi connectivity index (χ3v) is 3.14. The van der Waals surface area contributed by atoms with Crippen LogP contribution < -0.4 is 5.46 Å². The van der Waals surface area contributed by atoms with Crippen molar-refractivity contribution in [2.75, 3.05) is 0 Å². The molecule has 0 bridgehead atoms. The number of rotatable bonds is 3. The maximum atomic E-state index is 3.43. The Kier molecular flexibility index (Phi) is 4.21. The summed E-state index contributed by atoms with van der Waals surface area (Å²) in [5.74, 6) is 0. The molecule has 1 radical (unpaired) electrons. The second-order valence-corrected chi connectivity index (χ2v) is 4.76. The lowest BCUT2D eigenvalue weighted by Crippen LogP contribution is -2.08. The van der Waals surface area contributed by atoms with Crippen molar-refractivity contribution in [2.45, 2.75) is 6.82 Å². The molecule has 2 rings (SSSR count). The minimum atomic E-state index is 1.11. The summed E-state index contributed by atoms with van der Waals surface area (Å²) in [5.41, 5.74) is 3.68. The molecule has 0 atom stereocenters. The first-order valence-electron chi connectivity index (χ1n) is 5.61. The van der Waals surface area contributed by atoms with Crippen LogP contribution in [-0.4, -0.2) is 7.28 Å². The second kappa shape index (κ2) is 5.88. The van der Waals surface area contributed by atoms with Crippen LogP contribution in [0.3, 0.4) is 0 Å². The third kappa shape index (κ3) is 3.60. The van der Waals surface area contributed by atoms with E-state index in [0.29, 0.717) is 0 Å². The summed E-state index contributed by atoms with van der Waals surface area (Å²) in [6.45, 7) is 2.05. The summed E-state index contributed by atoms with van der Waals surface area (Å²) in [6, 6.07) is 16.8. The van der Waals surface area contributed by atoms with Crippen LogP contribution in [0.5, 0.6) is 0 Å². The fraction of sp³-hybridized carbons (Fsp3) is 0.0667. The van der Waals surface area contributed by atoms with E-state index in [1.54, 1.807) is 0 Å². The Bertz CT molecular complexity index is 497. The van der Waals surface area contributed by atoms with Gasteiger partial charge in [0, 0.05) is 4.47 Å². The molecule has 0 nitrogen and oxygen atoms in total. The van der Waals surface area contributed by atoms with Gasteiger partial charge in [0.2, 0.25) is 0 Å². The van der Waals surface area contributed by atoms with Gasteiger partial charge in [-0.15, -0.1) is 0 Å². The minimum absolute atomic E-state index is 1.11. The SMILES string of the molecule is C[B]c1ccc(/C=C/c2ccc(Br)cc2)cc1. The molecule has 0 saturated heterocycles. The molecule has 0 aliphatic heterocycles. The van der Waals surface area contributed by atoms with Gasteiger partial charge in [-0.05, 0) is 23.3 Å². The van der Waals surface area contributed by atoms with Gasteiger partial charge in [-0.2, -0.15) is 0 Å². The minimum Gasteiger partial charge on any atom is -0.0881 e. The van der Waals surface area contributed by atoms with Crippen molar-refractivity contribution < 1.29 is 0 Å². The van der Waals surface area contributed by atoms with Gasteiger partial charge < -0.3 is 0 Å². The van der Waals surface area contributed by atoms with Crippen molar-refractivity contribution in [3.63, 3.8) is 0 Å². The van der Waals surface area contributed by atoms with E-state index in [4.69, 9.17) is 0 Å². The van der Waals surface area contributed by atoms with Gasteiger partial charge >= 0.3 is 0 Å². The molecule has 2 aromatic carbocycles. The molecule has 0 unspecified atom stereocenters. The Morgan fingerprint density at radius 2 is 1.29 bits per heavy atom. The normalized spacial score (nSPS) is 10.7. The van der Waals surface area contributed by atoms with E-state index in [1.807, 2.05) is 6.82 Å². The van der Waals surface area contributed by atoms with Crippen LogP contribution in [0.4, 0.5) is 0 Å². The standard InChI is InChI=1S/C15H13BBr/c1-16-14-8-4-12(5-9-14)2-3-13-6-10-15(17)11-7-13/h2-11H,1H3/b3-2+. The highest BCUT2D eigenvalue weighted by Crippen LogP contribution is 2.12. The number of hydrogen-bond acceptors (Lipinski definition) is 0. The highest BCUT2D eigenvalue weighted by molar-refractivity contribution is 9.10. The average Bonchev–Trinajstić information content (AvgIpc) is 2.39. The second-order valence-electron chi connectivity index (χ2n) is 3.84. The van der Waals surface area contributed by atoms with E-state index in [2.05, 4.69) is 83.9 Å². The molecule has 2 heteroatoms. The maximum Gasteiger partial charge on any atom is 0.148 e. The summed E-state index contributed by atoms with van der Waals surface area (Å²) in [4.78, 5) is 0. The quantitative estimate of drug-likeness (QED) is 0.590. The average molecular weight is 284 g/mol. The van der Waals surface area contributed by atoms with Crippen LogP contribution in [-0.2, 0) is 0 Å². The Labute approximate surface area is 112 Å². The van der Waals surface area contributed by atoms with Crippen molar-refractivity contribution in [3.8, 4) is 0 Å². The van der Waals surface area contributed by atoms with Crippen LogP contribution in [0.1, 0.15) is 11.1 Å². The van der Waals surface area contributed by atoms with Crippen LogP contribution in [0.25, 0.3) is 12.2 Å². The molecule has 2 aromatic rings. The molecule has 0 saturated carbocycles. The first kappa shape index (κ1) is 12.2. The van der Waals surface area contributed by atoms with E-state index in [0.717, 1.165) is 4.47 Å². The maximum absolute atomic E-state index is 3.43. The summed E-state index contributed by atoms with van der Waals surface area (Å²) in [6.07, 6.45) is 4.25. The molecule has 0 aliphatic carbocycles. The third-order valence-electron chi connectivity index (χ3n) is 2.61. The topological polar surface area (TPSA) is 0 Å². The van der Waals surface area contributed by atoms with Crippen molar-refractivity contribution in [2.24, 2.45) is 0 Å². The molecular weight excluding hydrogens is 271 g/mol. The molecule has 0 spiro atoms. The Balaban J connectivity index is 2.11. The van der Waals surface area contributed by atoms with E-state index >= 15 is 0 Å². The first-order chi connectivity index (χ1) is 8.28. The highest BCUT2D eigenvalue weighted by atomic mass is 79.9. The van der Waals surface area contributed by atoms with E-state index in [-0.39, 0.29) is 0 Å².